The molecule has 0 saturated carbocycles. The van der Waals surface area contributed by atoms with Gasteiger partial charge >= 0.3 is 11.9 Å². The number of aromatic nitrogens is 3. The highest BCUT2D eigenvalue weighted by Crippen LogP contribution is 2.10. The van der Waals surface area contributed by atoms with Crippen molar-refractivity contribution >= 4 is 23.6 Å². The number of aromatic carboxylic acids is 1. The second-order valence-electron chi connectivity index (χ2n) is 3.24. The number of carboxylic acids is 1. The van der Waals surface area contributed by atoms with Crippen LogP contribution in [0.15, 0.2) is 24.3 Å². The Kier molecular flexibility index (Phi) is 8.40. The molecule has 0 aliphatic rings. The van der Waals surface area contributed by atoms with Gasteiger partial charge in [0.15, 0.2) is 0 Å². The van der Waals surface area contributed by atoms with Gasteiger partial charge in [0.1, 0.15) is 0 Å². The molecule has 0 unspecified atom stereocenters. The average molecular weight is 302 g/mol. The molecule has 10 N–H and O–H groups in total. The molecule has 0 bridgehead atoms. The molecule has 0 saturated heterocycles. The number of nitro groups is 1. The maximum Gasteiger partial charge on any atom is 0.343 e. The van der Waals surface area contributed by atoms with Crippen LogP contribution < -0.4 is 21.6 Å². The van der Waals surface area contributed by atoms with Crippen molar-refractivity contribution in [1.29, 1.82) is 0 Å². The van der Waals surface area contributed by atoms with Crippen LogP contribution in [0.5, 0.6) is 0 Å². The predicted octanol–water partition coefficient (Wildman–Crippen LogP) is -3.30. The SMILES string of the molecule is Nc1n[nH]c(N)[nH+]1.O.O.O=C([O-])c1ccc([N+](=O)[O-])cc1. The van der Waals surface area contributed by atoms with Crippen molar-refractivity contribution in [1.82, 2.24) is 10.2 Å². The zero-order valence-corrected chi connectivity index (χ0v) is 10.5. The maximum absolute atomic E-state index is 10.2. The molecular formula is C9H14N6O6. The summed E-state index contributed by atoms with van der Waals surface area (Å²) in [5.41, 5.74) is 10.0. The number of nitrogens with zero attached hydrogens (tertiary/aromatic N) is 2. The number of rotatable bonds is 2. The van der Waals surface area contributed by atoms with Crippen LogP contribution in [0.2, 0.25) is 0 Å². The number of anilines is 2. The number of hydrogen-bond acceptors (Lipinski definition) is 7. The summed E-state index contributed by atoms with van der Waals surface area (Å²) in [5, 5.41) is 26.2. The van der Waals surface area contributed by atoms with E-state index in [2.05, 4.69) is 15.2 Å². The van der Waals surface area contributed by atoms with Gasteiger partial charge in [-0.1, -0.05) is 0 Å². The first-order valence-corrected chi connectivity index (χ1v) is 4.84. The number of aromatic amines is 2. The number of non-ortho nitro benzene ring substituents is 1. The van der Waals surface area contributed by atoms with Crippen LogP contribution in [0.25, 0.3) is 0 Å². The summed E-state index contributed by atoms with van der Waals surface area (Å²) >= 11 is 0. The molecule has 0 spiro atoms. The Morgan fingerprint density at radius 2 is 1.76 bits per heavy atom. The number of hydrogen-bond donors (Lipinski definition) is 3. The van der Waals surface area contributed by atoms with E-state index in [-0.39, 0.29) is 22.2 Å². The minimum atomic E-state index is -1.34. The van der Waals surface area contributed by atoms with Crippen LogP contribution in [0.3, 0.4) is 0 Å². The number of nitrogen functional groups attached to an aromatic ring is 2. The zero-order valence-electron chi connectivity index (χ0n) is 10.5. The number of carboxylic acid groups (broad SMARTS) is 1. The normalized spacial score (nSPS) is 8.38. The first kappa shape index (κ1) is 20.1. The van der Waals surface area contributed by atoms with Crippen molar-refractivity contribution < 1.29 is 30.8 Å². The molecule has 21 heavy (non-hydrogen) atoms. The summed E-state index contributed by atoms with van der Waals surface area (Å²) in [4.78, 5) is 22.3. The summed E-state index contributed by atoms with van der Waals surface area (Å²) in [6.07, 6.45) is 0. The first-order chi connectivity index (χ1) is 8.90. The monoisotopic (exact) mass is 302 g/mol. The summed E-state index contributed by atoms with van der Waals surface area (Å²) in [7, 11) is 0. The van der Waals surface area contributed by atoms with Gasteiger partial charge in [0.25, 0.3) is 5.69 Å². The number of carbonyl (C=O) groups is 1. The fourth-order valence-electron chi connectivity index (χ4n) is 1.03. The molecule has 0 aliphatic carbocycles. The smallest absolute Gasteiger partial charge is 0.343 e. The summed E-state index contributed by atoms with van der Waals surface area (Å²) in [6.45, 7) is 0. The molecule has 0 atom stereocenters. The number of H-pyrrole nitrogens is 2. The number of carbonyl (C=O) groups excluding carboxylic acids is 1. The molecule has 116 valence electrons. The van der Waals surface area contributed by atoms with Crippen molar-refractivity contribution in [3.05, 3.63) is 39.9 Å². The third-order valence-electron chi connectivity index (χ3n) is 1.87. The van der Waals surface area contributed by atoms with E-state index < -0.39 is 10.9 Å². The van der Waals surface area contributed by atoms with Crippen molar-refractivity contribution in [2.24, 2.45) is 0 Å². The fourth-order valence-corrected chi connectivity index (χ4v) is 1.03. The number of nitrogens with two attached hydrogens (primary N) is 2. The molecule has 1 aromatic heterocycles. The standard InChI is InChI=1S/C7H5NO4.C2H5N5.2H2O/c9-7(10)5-1-3-6(4-2-5)8(11)12;3-1-5-2(4)7-6-1;;/h1-4H,(H,9,10);(H5,3,4,5,6,7);2*1H2. The Morgan fingerprint density at radius 3 is 2.00 bits per heavy atom. The Labute approximate surface area is 117 Å². The van der Waals surface area contributed by atoms with Crippen LogP contribution in [0.4, 0.5) is 17.6 Å². The molecule has 0 radical (unpaired) electrons. The summed E-state index contributed by atoms with van der Waals surface area (Å²) < 4.78 is 0. The number of nitrogens with one attached hydrogen (secondary N) is 2. The first-order valence-electron chi connectivity index (χ1n) is 4.84. The molecule has 1 aromatic carbocycles. The van der Waals surface area contributed by atoms with Crippen LogP contribution in [-0.2, 0) is 0 Å². The van der Waals surface area contributed by atoms with Crippen molar-refractivity contribution in [2.75, 3.05) is 11.5 Å². The highest BCUT2D eigenvalue weighted by Gasteiger charge is 2.03. The lowest BCUT2D eigenvalue weighted by molar-refractivity contribution is -0.384. The van der Waals surface area contributed by atoms with Gasteiger partial charge < -0.3 is 32.3 Å². The molecule has 1 heterocycles. The van der Waals surface area contributed by atoms with E-state index in [9.17, 15) is 20.0 Å². The zero-order chi connectivity index (χ0) is 14.4. The topological polar surface area (TPSA) is 241 Å². The number of nitro benzene ring substituents is 1. The van der Waals surface area contributed by atoms with E-state index in [1.54, 1.807) is 0 Å². The third-order valence-corrected chi connectivity index (χ3v) is 1.87. The second kappa shape index (κ2) is 8.78. The molecule has 2 aromatic rings. The third kappa shape index (κ3) is 6.46. The Bertz CT molecular complexity index is 533. The van der Waals surface area contributed by atoms with Crippen LogP contribution >= 0.6 is 0 Å². The van der Waals surface area contributed by atoms with E-state index >= 15 is 0 Å². The van der Waals surface area contributed by atoms with Crippen LogP contribution in [0, 0.1) is 10.1 Å². The predicted molar refractivity (Wildman–Crippen MR) is 68.6 cm³/mol. The van der Waals surface area contributed by atoms with Crippen LogP contribution in [-0.4, -0.2) is 32.0 Å². The highest BCUT2D eigenvalue weighted by atomic mass is 16.6. The van der Waals surface area contributed by atoms with Gasteiger partial charge in [0, 0.05) is 12.1 Å². The van der Waals surface area contributed by atoms with E-state index in [1.165, 1.54) is 0 Å². The lowest BCUT2D eigenvalue weighted by atomic mass is 10.2. The minimum absolute atomic E-state index is 0. The molecular weight excluding hydrogens is 288 g/mol. The largest absolute Gasteiger partial charge is 0.545 e. The van der Waals surface area contributed by atoms with Gasteiger partial charge in [-0.2, -0.15) is 5.10 Å². The average Bonchev–Trinajstić information content (AvgIpc) is 2.74. The highest BCUT2D eigenvalue weighted by molar-refractivity contribution is 5.85. The van der Waals surface area contributed by atoms with Gasteiger partial charge in [-0.3, -0.25) is 10.1 Å². The molecule has 0 fully saturated rings. The van der Waals surface area contributed by atoms with Gasteiger partial charge in [-0.05, 0) is 22.8 Å². The lowest BCUT2D eigenvalue weighted by Crippen LogP contribution is -2.21. The molecule has 12 nitrogen and oxygen atoms in total. The van der Waals surface area contributed by atoms with E-state index in [1.807, 2.05) is 0 Å². The maximum atomic E-state index is 10.2. The Morgan fingerprint density at radius 1 is 1.24 bits per heavy atom. The fraction of sp³-hybridized carbons (Fsp3) is 0. The van der Waals surface area contributed by atoms with E-state index in [0.717, 1.165) is 24.3 Å². The quantitative estimate of drug-likeness (QED) is 0.376. The van der Waals surface area contributed by atoms with Crippen LogP contribution in [0.1, 0.15) is 10.4 Å². The van der Waals surface area contributed by atoms with Crippen molar-refractivity contribution in [2.45, 2.75) is 0 Å². The summed E-state index contributed by atoms with van der Waals surface area (Å²) in [5.74, 6) is -0.667. The van der Waals surface area contributed by atoms with E-state index in [0.29, 0.717) is 11.9 Å². The van der Waals surface area contributed by atoms with Gasteiger partial charge in [0.2, 0.25) is 0 Å². The van der Waals surface area contributed by atoms with Gasteiger partial charge in [0.05, 0.1) is 10.9 Å². The lowest BCUT2D eigenvalue weighted by Gasteiger charge is -1.99. The van der Waals surface area contributed by atoms with Crippen molar-refractivity contribution in [3.63, 3.8) is 0 Å². The van der Waals surface area contributed by atoms with Crippen molar-refractivity contribution in [3.8, 4) is 0 Å². The van der Waals surface area contributed by atoms with Gasteiger partial charge in [-0.25, -0.2) is 4.98 Å². The Balaban J connectivity index is 0. The van der Waals surface area contributed by atoms with Gasteiger partial charge in [-0.15, -0.1) is 0 Å². The molecule has 2 rings (SSSR count). The second-order valence-corrected chi connectivity index (χ2v) is 3.24. The number of benzene rings is 1. The van der Waals surface area contributed by atoms with E-state index in [4.69, 9.17) is 11.5 Å². The molecule has 0 amide bonds. The molecule has 12 heteroatoms. The molecule has 0 aliphatic heterocycles. The Hall–Kier alpha value is -3.25. The minimum Gasteiger partial charge on any atom is -0.545 e. The summed E-state index contributed by atoms with van der Waals surface area (Å²) in [6, 6.07) is 4.50.